The maximum absolute atomic E-state index is 8.49. The Hall–Kier alpha value is 0. The van der Waals surface area contributed by atoms with Gasteiger partial charge in [-0.3, -0.25) is 0 Å². The first-order valence-corrected chi connectivity index (χ1v) is 3.12. The summed E-state index contributed by atoms with van der Waals surface area (Å²) in [5.41, 5.74) is 0. The van der Waals surface area contributed by atoms with Gasteiger partial charge in [-0.2, -0.15) is 0 Å². The molecule has 1 nitrogen and oxygen atoms in total. The lowest BCUT2D eigenvalue weighted by molar-refractivity contribution is 0.253. The SMILES string of the molecule is C[C@@H](O)C#CCBr. The van der Waals surface area contributed by atoms with Crippen LogP contribution in [0.5, 0.6) is 0 Å². The predicted octanol–water partition coefficient (Wildman–Crippen LogP) is 0.766. The summed E-state index contributed by atoms with van der Waals surface area (Å²) >= 11 is 3.09. The van der Waals surface area contributed by atoms with Crippen LogP contribution in [-0.4, -0.2) is 16.5 Å². The van der Waals surface area contributed by atoms with Crippen LogP contribution >= 0.6 is 15.9 Å². The van der Waals surface area contributed by atoms with Crippen LogP contribution in [0.3, 0.4) is 0 Å². The van der Waals surface area contributed by atoms with E-state index in [1.165, 1.54) is 0 Å². The first-order valence-electron chi connectivity index (χ1n) is 2.00. The average molecular weight is 163 g/mol. The molecule has 0 aromatic rings. The Balaban J connectivity index is 3.24. The van der Waals surface area contributed by atoms with E-state index in [0.717, 1.165) is 0 Å². The quantitative estimate of drug-likeness (QED) is 0.413. The molecule has 0 saturated heterocycles. The smallest absolute Gasteiger partial charge is 0.112 e. The van der Waals surface area contributed by atoms with Gasteiger partial charge in [0.2, 0.25) is 0 Å². The number of hydrogen-bond acceptors (Lipinski definition) is 1. The summed E-state index contributed by atoms with van der Waals surface area (Å²) in [5.74, 6) is 5.22. The van der Waals surface area contributed by atoms with Crippen LogP contribution < -0.4 is 0 Å². The zero-order valence-electron chi connectivity index (χ0n) is 4.11. The minimum atomic E-state index is -0.488. The van der Waals surface area contributed by atoms with Crippen LogP contribution in [0.15, 0.2) is 0 Å². The number of aliphatic hydroxyl groups is 1. The van der Waals surface area contributed by atoms with E-state index in [2.05, 4.69) is 27.8 Å². The highest BCUT2D eigenvalue weighted by molar-refractivity contribution is 9.09. The number of alkyl halides is 1. The van der Waals surface area contributed by atoms with Gasteiger partial charge in [-0.05, 0) is 6.92 Å². The molecule has 0 amide bonds. The van der Waals surface area contributed by atoms with Gasteiger partial charge in [-0.15, -0.1) is 0 Å². The molecule has 0 radical (unpaired) electrons. The molecule has 0 bridgehead atoms. The van der Waals surface area contributed by atoms with Crippen molar-refractivity contribution >= 4 is 15.9 Å². The largest absolute Gasteiger partial charge is 0.381 e. The monoisotopic (exact) mass is 162 g/mol. The third-order valence-electron chi connectivity index (χ3n) is 0.378. The van der Waals surface area contributed by atoms with Crippen LogP contribution in [0.1, 0.15) is 6.92 Å². The van der Waals surface area contributed by atoms with E-state index in [-0.39, 0.29) is 0 Å². The van der Waals surface area contributed by atoms with Crippen LogP contribution in [0.2, 0.25) is 0 Å². The third-order valence-corrected chi connectivity index (χ3v) is 0.658. The number of hydrogen-bond donors (Lipinski definition) is 1. The number of aliphatic hydroxyl groups excluding tert-OH is 1. The number of rotatable bonds is 0. The van der Waals surface area contributed by atoms with Crippen LogP contribution in [0.25, 0.3) is 0 Å². The second kappa shape index (κ2) is 4.17. The molecule has 0 fully saturated rings. The predicted molar refractivity (Wildman–Crippen MR) is 33.3 cm³/mol. The van der Waals surface area contributed by atoms with Crippen LogP contribution in [-0.2, 0) is 0 Å². The summed E-state index contributed by atoms with van der Waals surface area (Å²) in [5, 5.41) is 9.13. The highest BCUT2D eigenvalue weighted by Gasteiger charge is 1.78. The van der Waals surface area contributed by atoms with Crippen molar-refractivity contribution in [3.8, 4) is 11.8 Å². The Morgan fingerprint density at radius 2 is 2.43 bits per heavy atom. The topological polar surface area (TPSA) is 20.2 Å². The maximum Gasteiger partial charge on any atom is 0.112 e. The molecule has 0 aliphatic carbocycles. The molecule has 7 heavy (non-hydrogen) atoms. The minimum Gasteiger partial charge on any atom is -0.381 e. The molecule has 0 aromatic heterocycles. The molecular weight excluding hydrogens is 156 g/mol. The lowest BCUT2D eigenvalue weighted by Gasteiger charge is -1.83. The second-order valence-corrected chi connectivity index (χ2v) is 1.69. The van der Waals surface area contributed by atoms with Gasteiger partial charge < -0.3 is 5.11 Å². The van der Waals surface area contributed by atoms with Gasteiger partial charge in [0.25, 0.3) is 0 Å². The lowest BCUT2D eigenvalue weighted by atomic mass is 10.4. The lowest BCUT2D eigenvalue weighted by Crippen LogP contribution is -1.92. The van der Waals surface area contributed by atoms with Crippen molar-refractivity contribution in [1.82, 2.24) is 0 Å². The second-order valence-electron chi connectivity index (χ2n) is 1.13. The van der Waals surface area contributed by atoms with Gasteiger partial charge in [0.15, 0.2) is 0 Å². The summed E-state index contributed by atoms with van der Waals surface area (Å²) in [6.07, 6.45) is -0.488. The molecule has 0 unspecified atom stereocenters. The molecule has 1 N–H and O–H groups in total. The Morgan fingerprint density at radius 1 is 1.86 bits per heavy atom. The number of halogens is 1. The fourth-order valence-electron chi connectivity index (χ4n) is 0.186. The van der Waals surface area contributed by atoms with Crippen molar-refractivity contribution in [2.24, 2.45) is 0 Å². The third kappa shape index (κ3) is 6.00. The van der Waals surface area contributed by atoms with Crippen molar-refractivity contribution in [2.45, 2.75) is 13.0 Å². The summed E-state index contributed by atoms with van der Waals surface area (Å²) in [6, 6.07) is 0. The first-order chi connectivity index (χ1) is 3.27. The first kappa shape index (κ1) is 7.00. The summed E-state index contributed by atoms with van der Waals surface area (Å²) in [6.45, 7) is 1.63. The van der Waals surface area contributed by atoms with E-state index < -0.39 is 6.10 Å². The van der Waals surface area contributed by atoms with Gasteiger partial charge in [-0.25, -0.2) is 0 Å². The summed E-state index contributed by atoms with van der Waals surface area (Å²) in [4.78, 5) is 0. The molecule has 0 aliphatic heterocycles. The molecule has 0 aromatic carbocycles. The molecule has 0 rings (SSSR count). The van der Waals surface area contributed by atoms with Crippen molar-refractivity contribution in [2.75, 3.05) is 5.33 Å². The van der Waals surface area contributed by atoms with Crippen molar-refractivity contribution in [3.63, 3.8) is 0 Å². The molecule has 0 saturated carbocycles. The zero-order chi connectivity index (χ0) is 5.70. The molecule has 1 atom stereocenters. The van der Waals surface area contributed by atoms with Crippen molar-refractivity contribution < 1.29 is 5.11 Å². The highest BCUT2D eigenvalue weighted by Crippen LogP contribution is 1.76. The van der Waals surface area contributed by atoms with Gasteiger partial charge in [0, 0.05) is 0 Å². The van der Waals surface area contributed by atoms with Crippen LogP contribution in [0, 0.1) is 11.8 Å². The molecular formula is C5H7BrO. The molecule has 0 aliphatic rings. The minimum absolute atomic E-state index is 0.488. The van der Waals surface area contributed by atoms with E-state index in [9.17, 15) is 0 Å². The fraction of sp³-hybridized carbons (Fsp3) is 0.600. The van der Waals surface area contributed by atoms with Gasteiger partial charge >= 0.3 is 0 Å². The Bertz CT molecular complexity index is 88.0. The standard InChI is InChI=1S/C5H7BrO/c1-5(7)3-2-4-6/h5,7H,4H2,1H3/t5-/m1/s1. The van der Waals surface area contributed by atoms with Gasteiger partial charge in [0.05, 0.1) is 5.33 Å². The van der Waals surface area contributed by atoms with E-state index in [4.69, 9.17) is 5.11 Å². The van der Waals surface area contributed by atoms with E-state index in [1.807, 2.05) is 0 Å². The van der Waals surface area contributed by atoms with Crippen molar-refractivity contribution in [3.05, 3.63) is 0 Å². The average Bonchev–Trinajstić information content (AvgIpc) is 1.61. The Kier molecular flexibility index (Phi) is 4.17. The Labute approximate surface area is 51.9 Å². The summed E-state index contributed by atoms with van der Waals surface area (Å²) < 4.78 is 0. The molecule has 40 valence electrons. The molecule has 0 heterocycles. The molecule has 0 spiro atoms. The van der Waals surface area contributed by atoms with E-state index in [0.29, 0.717) is 5.33 Å². The normalized spacial score (nSPS) is 11.9. The van der Waals surface area contributed by atoms with E-state index >= 15 is 0 Å². The maximum atomic E-state index is 8.49. The fourth-order valence-corrected chi connectivity index (χ4v) is 0.348. The summed E-state index contributed by atoms with van der Waals surface area (Å²) in [7, 11) is 0. The van der Waals surface area contributed by atoms with Crippen molar-refractivity contribution in [1.29, 1.82) is 0 Å². The highest BCUT2D eigenvalue weighted by atomic mass is 79.9. The zero-order valence-corrected chi connectivity index (χ0v) is 5.70. The Morgan fingerprint density at radius 3 is 2.57 bits per heavy atom. The van der Waals surface area contributed by atoms with Gasteiger partial charge in [0.1, 0.15) is 6.10 Å². The van der Waals surface area contributed by atoms with Crippen LogP contribution in [0.4, 0.5) is 0 Å². The van der Waals surface area contributed by atoms with Gasteiger partial charge in [-0.1, -0.05) is 27.8 Å². The van der Waals surface area contributed by atoms with E-state index in [1.54, 1.807) is 6.92 Å². The molecule has 2 heteroatoms.